The molecular formula is C34H45N3O7. The second kappa shape index (κ2) is 13.2. The summed E-state index contributed by atoms with van der Waals surface area (Å²) < 4.78 is 13.0. The molecule has 44 heavy (non-hydrogen) atoms. The Morgan fingerprint density at radius 3 is 2.52 bits per heavy atom. The number of hydrogen-bond donors (Lipinski definition) is 2. The molecule has 0 aromatic heterocycles. The number of cyclic esters (lactones) is 1. The van der Waals surface area contributed by atoms with Crippen LogP contribution in [0.4, 0.5) is 0 Å². The van der Waals surface area contributed by atoms with Gasteiger partial charge in [0.2, 0.25) is 17.7 Å². The zero-order valence-electron chi connectivity index (χ0n) is 26.1. The van der Waals surface area contributed by atoms with Gasteiger partial charge in [0.25, 0.3) is 0 Å². The summed E-state index contributed by atoms with van der Waals surface area (Å²) in [4.78, 5) is 59.3. The molecular weight excluding hydrogens is 562 g/mol. The molecule has 1 aromatic rings. The molecule has 8 atom stereocenters. The molecule has 1 spiro atoms. The highest BCUT2D eigenvalue weighted by Crippen LogP contribution is 2.54. The number of esters is 1. The minimum absolute atomic E-state index is 0.158. The minimum atomic E-state index is -1.43. The smallest absolute Gasteiger partial charge is 0.313 e. The molecule has 4 heterocycles. The number of allylic oxidation sites excluding steroid dienone is 1. The van der Waals surface area contributed by atoms with Gasteiger partial charge in [-0.2, -0.15) is 0 Å². The van der Waals surface area contributed by atoms with E-state index in [4.69, 9.17) is 9.47 Å². The molecule has 5 rings (SSSR count). The monoisotopic (exact) mass is 607 g/mol. The molecule has 2 fully saturated rings. The van der Waals surface area contributed by atoms with Crippen LogP contribution in [0, 0.1) is 17.8 Å². The fraction of sp³-hybridized carbons (Fsp3) is 0.588. The predicted molar refractivity (Wildman–Crippen MR) is 163 cm³/mol. The number of fused-ring (bicyclic) bond motifs is 2. The number of carbonyl (C=O) groups is 4. The second-order valence-corrected chi connectivity index (χ2v) is 12.7. The van der Waals surface area contributed by atoms with Crippen LogP contribution >= 0.6 is 0 Å². The lowest BCUT2D eigenvalue weighted by Crippen LogP contribution is -2.59. The maximum atomic E-state index is 14.6. The SMILES string of the molecule is CCCCN1CC=C[C@@]23O[C@H]4/C=C\CCC(=O)N[C@@H](C)[C@H](c5ccccc5)OC(=O)[C@H]4[C@@H]2C(=O)N([C@@H](CO)C(C)C)[C@H]3C1=O. The Morgan fingerprint density at radius 1 is 1.09 bits per heavy atom. The average molecular weight is 608 g/mol. The summed E-state index contributed by atoms with van der Waals surface area (Å²) in [7, 11) is 0. The highest BCUT2D eigenvalue weighted by atomic mass is 16.6. The van der Waals surface area contributed by atoms with E-state index in [9.17, 15) is 24.3 Å². The van der Waals surface area contributed by atoms with E-state index in [1.807, 2.05) is 50.3 Å². The fourth-order valence-corrected chi connectivity index (χ4v) is 7.22. The number of amides is 3. The highest BCUT2D eigenvalue weighted by Gasteiger charge is 2.72. The summed E-state index contributed by atoms with van der Waals surface area (Å²) in [6.07, 6.45) is 7.86. The van der Waals surface area contributed by atoms with Crippen molar-refractivity contribution in [3.8, 4) is 0 Å². The number of nitrogens with zero attached hydrogens (tertiary/aromatic N) is 2. The van der Waals surface area contributed by atoms with Crippen molar-refractivity contribution < 1.29 is 33.8 Å². The zero-order valence-corrected chi connectivity index (χ0v) is 26.1. The predicted octanol–water partition coefficient (Wildman–Crippen LogP) is 2.92. The summed E-state index contributed by atoms with van der Waals surface area (Å²) in [5.41, 5.74) is -0.724. The van der Waals surface area contributed by atoms with Crippen molar-refractivity contribution in [2.75, 3.05) is 19.7 Å². The molecule has 0 saturated carbocycles. The van der Waals surface area contributed by atoms with Crippen molar-refractivity contribution in [3.05, 3.63) is 60.2 Å². The van der Waals surface area contributed by atoms with Gasteiger partial charge in [-0.05, 0) is 31.2 Å². The Labute approximate surface area is 259 Å². The molecule has 0 radical (unpaired) electrons. The molecule has 238 valence electrons. The molecule has 4 aliphatic heterocycles. The van der Waals surface area contributed by atoms with Crippen LogP contribution in [-0.2, 0) is 28.7 Å². The van der Waals surface area contributed by atoms with Crippen molar-refractivity contribution in [2.45, 2.75) is 89.3 Å². The van der Waals surface area contributed by atoms with Gasteiger partial charge in [-0.25, -0.2) is 0 Å². The van der Waals surface area contributed by atoms with Crippen LogP contribution in [0.5, 0.6) is 0 Å². The lowest BCUT2D eigenvalue weighted by atomic mass is 9.77. The maximum Gasteiger partial charge on any atom is 0.313 e. The fourth-order valence-electron chi connectivity index (χ4n) is 7.22. The van der Waals surface area contributed by atoms with E-state index in [0.717, 1.165) is 12.8 Å². The van der Waals surface area contributed by atoms with Crippen LogP contribution in [0.1, 0.15) is 65.0 Å². The summed E-state index contributed by atoms with van der Waals surface area (Å²) in [6, 6.07) is 6.96. The Morgan fingerprint density at radius 2 is 1.84 bits per heavy atom. The van der Waals surface area contributed by atoms with Crippen molar-refractivity contribution in [1.82, 2.24) is 15.1 Å². The number of unbranched alkanes of at least 4 members (excludes halogenated alkanes) is 1. The molecule has 0 unspecified atom stereocenters. The number of likely N-dealkylation sites (tertiary alicyclic amines) is 1. The number of rotatable bonds is 7. The standard InChI is InChI=1S/C34H45N3O7/c1-5-6-18-36-19-12-17-34-28(31(40)37(30(34)32(36)41)24(20-38)21(2)3)27-25(44-34)15-10-11-16-26(39)35-22(4)29(43-33(27)42)23-13-8-7-9-14-23/h7-10,12-15,17,21-22,24-25,27-30,38H,5-6,11,16,18-20H2,1-4H3,(H,35,39)/b15-10-/t22-,24-,25-,27+,28+,29+,30-,34+/m0/s1. The van der Waals surface area contributed by atoms with Gasteiger partial charge in [-0.15, -0.1) is 0 Å². The van der Waals surface area contributed by atoms with Gasteiger partial charge in [0.1, 0.15) is 23.7 Å². The van der Waals surface area contributed by atoms with E-state index in [-0.39, 0.29) is 30.8 Å². The summed E-state index contributed by atoms with van der Waals surface area (Å²) in [5, 5.41) is 13.4. The topological polar surface area (TPSA) is 125 Å². The van der Waals surface area contributed by atoms with Crippen molar-refractivity contribution in [1.29, 1.82) is 0 Å². The van der Waals surface area contributed by atoms with Crippen LogP contribution in [0.15, 0.2) is 54.6 Å². The summed E-state index contributed by atoms with van der Waals surface area (Å²) >= 11 is 0. The quantitative estimate of drug-likeness (QED) is 0.361. The Kier molecular flexibility index (Phi) is 9.60. The van der Waals surface area contributed by atoms with Crippen LogP contribution in [0.2, 0.25) is 0 Å². The van der Waals surface area contributed by atoms with Gasteiger partial charge in [0.15, 0.2) is 0 Å². The van der Waals surface area contributed by atoms with Gasteiger partial charge in [0, 0.05) is 19.5 Å². The van der Waals surface area contributed by atoms with Gasteiger partial charge < -0.3 is 29.7 Å². The number of hydrogen-bond acceptors (Lipinski definition) is 7. The number of benzene rings is 1. The van der Waals surface area contributed by atoms with Gasteiger partial charge >= 0.3 is 5.97 Å². The number of aliphatic hydroxyl groups is 1. The summed E-state index contributed by atoms with van der Waals surface area (Å²) in [6.45, 7) is 8.20. The van der Waals surface area contributed by atoms with E-state index < -0.39 is 59.6 Å². The molecule has 2 N–H and O–H groups in total. The molecule has 4 aliphatic rings. The molecule has 10 heteroatoms. The average Bonchev–Trinajstić information content (AvgIpc) is 3.38. The first-order chi connectivity index (χ1) is 21.1. The van der Waals surface area contributed by atoms with Crippen LogP contribution in [0.3, 0.4) is 0 Å². The van der Waals surface area contributed by atoms with E-state index in [1.54, 1.807) is 30.1 Å². The third kappa shape index (κ3) is 5.70. The minimum Gasteiger partial charge on any atom is -0.455 e. The van der Waals surface area contributed by atoms with Crippen molar-refractivity contribution >= 4 is 23.7 Å². The van der Waals surface area contributed by atoms with Gasteiger partial charge in [-0.1, -0.05) is 81.8 Å². The highest BCUT2D eigenvalue weighted by molar-refractivity contribution is 5.99. The lowest BCUT2D eigenvalue weighted by Gasteiger charge is -2.39. The van der Waals surface area contributed by atoms with E-state index in [0.29, 0.717) is 25.1 Å². The largest absolute Gasteiger partial charge is 0.455 e. The first-order valence-corrected chi connectivity index (χ1v) is 15.9. The number of ether oxygens (including phenoxy) is 2. The first-order valence-electron chi connectivity index (χ1n) is 15.9. The van der Waals surface area contributed by atoms with Crippen LogP contribution in [0.25, 0.3) is 0 Å². The van der Waals surface area contributed by atoms with Gasteiger partial charge in [-0.3, -0.25) is 19.2 Å². The normalized spacial score (nSPS) is 33.9. The third-order valence-corrected chi connectivity index (χ3v) is 9.46. The molecule has 0 bridgehead atoms. The second-order valence-electron chi connectivity index (χ2n) is 12.7. The molecule has 1 aromatic carbocycles. The lowest BCUT2D eigenvalue weighted by molar-refractivity contribution is -0.162. The zero-order chi connectivity index (χ0) is 31.6. The molecule has 2 saturated heterocycles. The molecule has 10 nitrogen and oxygen atoms in total. The Bertz CT molecular complexity index is 1300. The number of aliphatic hydroxyl groups excluding tert-OH is 1. The Balaban J connectivity index is 1.62. The van der Waals surface area contributed by atoms with Crippen molar-refractivity contribution in [2.24, 2.45) is 17.8 Å². The van der Waals surface area contributed by atoms with Crippen LogP contribution < -0.4 is 5.32 Å². The van der Waals surface area contributed by atoms with Gasteiger partial charge in [0.05, 0.1) is 30.7 Å². The van der Waals surface area contributed by atoms with E-state index in [1.165, 1.54) is 4.90 Å². The first kappa shape index (κ1) is 31.9. The van der Waals surface area contributed by atoms with Crippen LogP contribution in [-0.4, -0.2) is 88.1 Å². The molecule has 3 amide bonds. The maximum absolute atomic E-state index is 14.6. The van der Waals surface area contributed by atoms with E-state index in [2.05, 4.69) is 12.2 Å². The molecule has 0 aliphatic carbocycles. The Hall–Kier alpha value is -3.50. The van der Waals surface area contributed by atoms with E-state index >= 15 is 0 Å². The van der Waals surface area contributed by atoms with Crippen molar-refractivity contribution in [3.63, 3.8) is 0 Å². The summed E-state index contributed by atoms with van der Waals surface area (Å²) in [5.74, 6) is -3.71. The number of nitrogens with one attached hydrogen (secondary N) is 1. The third-order valence-electron chi connectivity index (χ3n) is 9.46. The number of carbonyl (C=O) groups excluding carboxylic acids is 4.